The fourth-order valence-corrected chi connectivity index (χ4v) is 5.61. The molecule has 1 aliphatic rings. The van der Waals surface area contributed by atoms with Crippen molar-refractivity contribution in [3.05, 3.63) is 89.2 Å². The van der Waals surface area contributed by atoms with Gasteiger partial charge in [0.15, 0.2) is 0 Å². The summed E-state index contributed by atoms with van der Waals surface area (Å²) in [6, 6.07) is 14.6. The molecule has 11 nitrogen and oxygen atoms in total. The van der Waals surface area contributed by atoms with Crippen LogP contribution in [0.3, 0.4) is 0 Å². The summed E-state index contributed by atoms with van der Waals surface area (Å²) in [6.07, 6.45) is 5.19. The molecule has 2 heterocycles. The van der Waals surface area contributed by atoms with E-state index in [0.717, 1.165) is 24.8 Å². The Morgan fingerprint density at radius 1 is 1.06 bits per heavy atom. The fraction of sp³-hybridized carbons (Fsp3) is 0.444. The first-order valence-corrected chi connectivity index (χ1v) is 16.1. The number of carbonyl (C=O) groups is 3. The van der Waals surface area contributed by atoms with Crippen LogP contribution >= 0.6 is 0 Å². The smallest absolute Gasteiger partial charge is 0.335 e. The number of aliphatic hydroxyl groups is 1. The van der Waals surface area contributed by atoms with Crippen molar-refractivity contribution in [2.45, 2.75) is 64.8 Å². The van der Waals surface area contributed by atoms with Crippen molar-refractivity contribution in [2.24, 2.45) is 5.92 Å². The van der Waals surface area contributed by atoms with Crippen LogP contribution in [0.25, 0.3) is 0 Å². The molecule has 3 N–H and O–H groups in total. The first-order chi connectivity index (χ1) is 22.5. The van der Waals surface area contributed by atoms with Gasteiger partial charge >= 0.3 is 5.97 Å². The van der Waals surface area contributed by atoms with Gasteiger partial charge in [-0.05, 0) is 88.2 Å². The van der Waals surface area contributed by atoms with Crippen LogP contribution in [0.5, 0.6) is 5.75 Å². The normalized spacial score (nSPS) is 20.1. The molecule has 0 unspecified atom stereocenters. The SMILES string of the molecule is C[C@@H]1CCCCO[C@H](CN(C)Cc2ccc(C(=O)O)cc2)[C@H](C)CN([C@@H](C)CO)C(=O)c2cc(NC(=O)c3ccncc3)ccc2O1. The predicted octanol–water partition coefficient (Wildman–Crippen LogP) is 4.96. The van der Waals surface area contributed by atoms with Crippen molar-refractivity contribution >= 4 is 23.5 Å². The summed E-state index contributed by atoms with van der Waals surface area (Å²) in [6.45, 7) is 7.63. The van der Waals surface area contributed by atoms with Crippen LogP contribution in [0.15, 0.2) is 67.0 Å². The predicted molar refractivity (Wildman–Crippen MR) is 179 cm³/mol. The van der Waals surface area contributed by atoms with Gasteiger partial charge < -0.3 is 29.9 Å². The van der Waals surface area contributed by atoms with Crippen LogP contribution in [-0.4, -0.2) is 94.4 Å². The van der Waals surface area contributed by atoms with E-state index in [1.807, 2.05) is 33.0 Å². The van der Waals surface area contributed by atoms with Gasteiger partial charge in [-0.1, -0.05) is 19.1 Å². The number of ether oxygens (including phenoxy) is 2. The van der Waals surface area contributed by atoms with Gasteiger partial charge in [-0.3, -0.25) is 19.5 Å². The summed E-state index contributed by atoms with van der Waals surface area (Å²) in [5.74, 6) is -1.29. The minimum atomic E-state index is -0.961. The highest BCUT2D eigenvalue weighted by atomic mass is 16.5. The first-order valence-electron chi connectivity index (χ1n) is 16.1. The Morgan fingerprint density at radius 3 is 2.47 bits per heavy atom. The van der Waals surface area contributed by atoms with Crippen molar-refractivity contribution in [2.75, 3.05) is 38.7 Å². The van der Waals surface area contributed by atoms with Crippen LogP contribution in [0.4, 0.5) is 5.69 Å². The molecular weight excluding hydrogens is 600 g/mol. The average Bonchev–Trinajstić information content (AvgIpc) is 3.06. The number of rotatable bonds is 9. The maximum Gasteiger partial charge on any atom is 0.335 e. The molecule has 11 heteroatoms. The number of nitrogens with one attached hydrogen (secondary N) is 1. The van der Waals surface area contributed by atoms with E-state index in [9.17, 15) is 24.6 Å². The number of aliphatic hydroxyl groups excluding tert-OH is 1. The lowest BCUT2D eigenvalue weighted by atomic mass is 10.0. The highest BCUT2D eigenvalue weighted by molar-refractivity contribution is 6.05. The molecule has 4 rings (SSSR count). The quantitative estimate of drug-likeness (QED) is 0.294. The van der Waals surface area contributed by atoms with E-state index < -0.39 is 12.0 Å². The molecule has 0 saturated heterocycles. The highest BCUT2D eigenvalue weighted by Crippen LogP contribution is 2.29. The Balaban J connectivity index is 1.59. The van der Waals surface area contributed by atoms with Crippen LogP contribution in [0.1, 0.15) is 76.7 Å². The molecule has 0 spiro atoms. The lowest BCUT2D eigenvalue weighted by molar-refractivity contribution is -0.0177. The topological polar surface area (TPSA) is 142 Å². The number of nitrogens with zero attached hydrogens (tertiary/aromatic N) is 3. The van der Waals surface area contributed by atoms with E-state index in [1.54, 1.807) is 66.7 Å². The minimum Gasteiger partial charge on any atom is -0.490 e. The summed E-state index contributed by atoms with van der Waals surface area (Å²) in [5, 5.41) is 22.3. The third kappa shape index (κ3) is 10.1. The van der Waals surface area contributed by atoms with E-state index in [2.05, 4.69) is 15.2 Å². The summed E-state index contributed by atoms with van der Waals surface area (Å²) in [7, 11) is 1.99. The molecule has 2 aromatic carbocycles. The third-order valence-electron chi connectivity index (χ3n) is 8.40. The number of carboxylic acid groups (broad SMARTS) is 1. The summed E-state index contributed by atoms with van der Waals surface area (Å²) >= 11 is 0. The maximum atomic E-state index is 14.3. The van der Waals surface area contributed by atoms with E-state index >= 15 is 0 Å². The van der Waals surface area contributed by atoms with Crippen molar-refractivity contribution in [1.82, 2.24) is 14.8 Å². The number of amides is 2. The Labute approximate surface area is 276 Å². The van der Waals surface area contributed by atoms with Crippen LogP contribution in [0.2, 0.25) is 0 Å². The zero-order chi connectivity index (χ0) is 33.9. The van der Waals surface area contributed by atoms with Crippen LogP contribution in [-0.2, 0) is 11.3 Å². The Bertz CT molecular complexity index is 1480. The number of benzene rings is 2. The van der Waals surface area contributed by atoms with Crippen molar-refractivity contribution in [3.8, 4) is 5.75 Å². The largest absolute Gasteiger partial charge is 0.490 e. The summed E-state index contributed by atoms with van der Waals surface area (Å²) < 4.78 is 12.7. The Morgan fingerprint density at radius 2 is 1.79 bits per heavy atom. The van der Waals surface area contributed by atoms with Crippen molar-refractivity contribution in [3.63, 3.8) is 0 Å². The molecule has 0 radical (unpaired) electrons. The first kappa shape index (κ1) is 35.5. The Hall–Kier alpha value is -4.32. The Kier molecular flexibility index (Phi) is 12.9. The third-order valence-corrected chi connectivity index (χ3v) is 8.40. The molecule has 3 aromatic rings. The fourth-order valence-electron chi connectivity index (χ4n) is 5.61. The van der Waals surface area contributed by atoms with Gasteiger partial charge in [-0.2, -0.15) is 0 Å². The molecule has 1 aromatic heterocycles. The molecule has 0 fully saturated rings. The number of carboxylic acids is 1. The van der Waals surface area contributed by atoms with Gasteiger partial charge in [0.25, 0.3) is 11.8 Å². The van der Waals surface area contributed by atoms with Gasteiger partial charge in [0, 0.05) is 55.8 Å². The highest BCUT2D eigenvalue weighted by Gasteiger charge is 2.30. The second-order valence-corrected chi connectivity index (χ2v) is 12.4. The van der Waals surface area contributed by atoms with E-state index in [4.69, 9.17) is 9.47 Å². The second-order valence-electron chi connectivity index (χ2n) is 12.4. The lowest BCUT2D eigenvalue weighted by Gasteiger charge is -2.36. The van der Waals surface area contributed by atoms with Crippen molar-refractivity contribution in [1.29, 1.82) is 0 Å². The summed E-state index contributed by atoms with van der Waals surface area (Å²) in [5.41, 5.74) is 2.41. The lowest BCUT2D eigenvalue weighted by Crippen LogP contribution is -2.47. The van der Waals surface area contributed by atoms with Gasteiger partial charge in [-0.25, -0.2) is 4.79 Å². The van der Waals surface area contributed by atoms with Crippen LogP contribution in [0, 0.1) is 5.92 Å². The zero-order valence-electron chi connectivity index (χ0n) is 27.6. The van der Waals surface area contributed by atoms with Gasteiger partial charge in [0.1, 0.15) is 5.75 Å². The standard InChI is InChI=1S/C36H46N4O7/c1-24-20-40(25(2)23-41)35(43)31-19-30(38-34(42)28-14-16-37-17-15-28)12-13-32(31)47-26(3)7-5-6-18-46-33(24)22-39(4)21-27-8-10-29(11-9-27)36(44)45/h8-17,19,24-26,33,41H,5-7,18,20-23H2,1-4H3,(H,38,42)(H,44,45)/t24-,25+,26-,33-/m1/s1. The number of hydrogen-bond acceptors (Lipinski definition) is 8. The minimum absolute atomic E-state index is 0.106. The molecule has 47 heavy (non-hydrogen) atoms. The van der Waals surface area contributed by atoms with E-state index in [-0.39, 0.29) is 42.1 Å². The number of fused-ring (bicyclic) bond motifs is 1. The molecule has 0 aliphatic carbocycles. The molecule has 0 saturated carbocycles. The molecule has 1 aliphatic heterocycles. The number of anilines is 1. The monoisotopic (exact) mass is 646 g/mol. The number of carbonyl (C=O) groups excluding carboxylic acids is 2. The number of aromatic nitrogens is 1. The average molecular weight is 647 g/mol. The number of pyridine rings is 1. The number of likely N-dealkylation sites (N-methyl/N-ethyl adjacent to an activating group) is 1. The molecular formula is C36H46N4O7. The number of hydrogen-bond donors (Lipinski definition) is 3. The maximum absolute atomic E-state index is 14.3. The number of aromatic carboxylic acids is 1. The zero-order valence-corrected chi connectivity index (χ0v) is 27.6. The van der Waals surface area contributed by atoms with Gasteiger partial charge in [-0.15, -0.1) is 0 Å². The van der Waals surface area contributed by atoms with E-state index in [0.29, 0.717) is 48.8 Å². The molecule has 0 bridgehead atoms. The van der Waals surface area contributed by atoms with Gasteiger partial charge in [0.05, 0.1) is 36.0 Å². The molecule has 4 atom stereocenters. The van der Waals surface area contributed by atoms with Crippen LogP contribution < -0.4 is 10.1 Å². The summed E-state index contributed by atoms with van der Waals surface area (Å²) in [4.78, 5) is 46.2. The molecule has 252 valence electrons. The van der Waals surface area contributed by atoms with E-state index in [1.165, 1.54) is 0 Å². The second kappa shape index (κ2) is 17.0. The van der Waals surface area contributed by atoms with Crippen molar-refractivity contribution < 1.29 is 34.1 Å². The van der Waals surface area contributed by atoms with Gasteiger partial charge in [0.2, 0.25) is 0 Å². The molecule has 2 amide bonds.